The van der Waals surface area contributed by atoms with Gasteiger partial charge in [0.2, 0.25) is 0 Å². The quantitative estimate of drug-likeness (QED) is 0.137. The lowest BCUT2D eigenvalue weighted by molar-refractivity contribution is -0.173. The van der Waals surface area contributed by atoms with Gasteiger partial charge in [0.1, 0.15) is 6.23 Å². The first-order chi connectivity index (χ1) is 15.1. The molecule has 0 radical (unpaired) electrons. The highest BCUT2D eigenvalue weighted by Gasteiger charge is 2.40. The van der Waals surface area contributed by atoms with Crippen LogP contribution < -0.4 is 0 Å². The van der Waals surface area contributed by atoms with E-state index in [9.17, 15) is 0 Å². The van der Waals surface area contributed by atoms with Gasteiger partial charge in [0.05, 0.1) is 6.10 Å². The predicted molar refractivity (Wildman–Crippen MR) is 140 cm³/mol. The summed E-state index contributed by atoms with van der Waals surface area (Å²) in [5, 5.41) is 0. The molecule has 6 nitrogen and oxygen atoms in total. The average molecular weight is 498 g/mol. The highest BCUT2D eigenvalue weighted by molar-refractivity contribution is 7.41. The summed E-state index contributed by atoms with van der Waals surface area (Å²) in [4.78, 5) is 2.52. The zero-order valence-corrected chi connectivity index (χ0v) is 24.7. The Morgan fingerprint density at radius 3 is 1.19 bits per heavy atom. The first kappa shape index (κ1) is 32.6. The third-order valence-corrected chi connectivity index (χ3v) is 8.90. The molecule has 0 aliphatic rings. The summed E-state index contributed by atoms with van der Waals surface area (Å²) in [5.41, 5.74) is -1.11. The largest absolute Gasteiger partial charge is 0.360 e. The monoisotopic (exact) mass is 497 g/mol. The molecule has 0 fully saturated rings. The summed E-state index contributed by atoms with van der Waals surface area (Å²) in [5.74, 6) is 0.439. The molecule has 0 aromatic heterocycles. The topological polar surface area (TPSA) is 49.4 Å². The smallest absolute Gasteiger partial charge is 0.184 e. The van der Waals surface area contributed by atoms with Crippen molar-refractivity contribution >= 4 is 17.2 Å². The van der Waals surface area contributed by atoms with Gasteiger partial charge < -0.3 is 23.7 Å². The Kier molecular flexibility index (Phi) is 17.4. The first-order valence-corrected chi connectivity index (χ1v) is 14.8. The maximum Gasteiger partial charge on any atom is 0.184 e. The minimum atomic E-state index is -0.554. The van der Waals surface area contributed by atoms with Crippen LogP contribution in [0, 0.1) is 0 Å². The molecule has 0 aliphatic carbocycles. The summed E-state index contributed by atoms with van der Waals surface area (Å²) in [7, 11) is 0.920. The van der Waals surface area contributed by atoms with Crippen molar-refractivity contribution in [1.82, 2.24) is 4.90 Å². The van der Waals surface area contributed by atoms with Crippen molar-refractivity contribution in [2.24, 2.45) is 0 Å². The van der Waals surface area contributed by atoms with Crippen molar-refractivity contribution in [3.05, 3.63) is 0 Å². The van der Waals surface area contributed by atoms with Gasteiger partial charge in [-0.15, -0.1) is 0 Å². The van der Waals surface area contributed by atoms with Gasteiger partial charge in [-0.1, -0.05) is 20.8 Å². The number of hydrogen-bond donors (Lipinski definition) is 0. The highest BCUT2D eigenvalue weighted by atomic mass is 31.1. The van der Waals surface area contributed by atoms with Crippen LogP contribution in [0.4, 0.5) is 0 Å². The average Bonchev–Trinajstić information content (AvgIpc) is 2.73. The van der Waals surface area contributed by atoms with Crippen molar-refractivity contribution in [2.75, 3.05) is 26.4 Å². The molecule has 0 N–H and O–H groups in total. The summed E-state index contributed by atoms with van der Waals surface area (Å²) in [6, 6.07) is 0. The summed E-state index contributed by atoms with van der Waals surface area (Å²) >= 11 is 0. The van der Waals surface area contributed by atoms with Crippen molar-refractivity contribution in [3.8, 4) is 0 Å². The number of hydrogen-bond acceptors (Lipinski definition) is 6. The molecule has 194 valence electrons. The molecule has 32 heavy (non-hydrogen) atoms. The van der Waals surface area contributed by atoms with Crippen molar-refractivity contribution in [3.63, 3.8) is 0 Å². The molecule has 0 bridgehead atoms. The Hall–Kier alpha value is 0.620. The molecule has 0 aromatic rings. The zero-order valence-electron chi connectivity index (χ0n) is 22.7. The fourth-order valence-electron chi connectivity index (χ4n) is 4.11. The maximum atomic E-state index is 6.41. The standard InChI is InChI=1S/C24H53NO5P2/c1-12-22(30-19(8)9)25(20(10)31-23(13-2,26-15-4)27-16-5)21(11)32-24(14-3,28-17-6)29-18-7/h19-22,31-32H,12-18H2,1-11H3. The minimum absolute atomic E-state index is 0.00983. The van der Waals surface area contributed by atoms with E-state index < -0.39 is 11.1 Å². The van der Waals surface area contributed by atoms with Gasteiger partial charge in [-0.2, -0.15) is 0 Å². The van der Waals surface area contributed by atoms with Gasteiger partial charge in [-0.05, 0) is 79.0 Å². The number of nitrogens with zero attached hydrogens (tertiary/aromatic N) is 1. The van der Waals surface area contributed by atoms with Gasteiger partial charge in [0, 0.05) is 50.8 Å². The van der Waals surface area contributed by atoms with E-state index >= 15 is 0 Å². The molecule has 0 spiro atoms. The van der Waals surface area contributed by atoms with Crippen LogP contribution in [0.2, 0.25) is 0 Å². The van der Waals surface area contributed by atoms with Crippen molar-refractivity contribution in [1.29, 1.82) is 0 Å². The summed E-state index contributed by atoms with van der Waals surface area (Å²) < 4.78 is 31.2. The second-order valence-corrected chi connectivity index (χ2v) is 11.9. The van der Waals surface area contributed by atoms with E-state index in [1.54, 1.807) is 0 Å². The van der Waals surface area contributed by atoms with Gasteiger partial charge in [0.15, 0.2) is 11.1 Å². The Labute approximate surface area is 202 Å². The minimum Gasteiger partial charge on any atom is -0.360 e. The molecule has 0 amide bonds. The summed E-state index contributed by atoms with van der Waals surface area (Å²) in [6.07, 6.45) is 2.71. The lowest BCUT2D eigenvalue weighted by atomic mass is 10.3. The molecular formula is C24H53NO5P2. The zero-order chi connectivity index (χ0) is 24.8. The van der Waals surface area contributed by atoms with E-state index in [1.165, 1.54) is 0 Å². The van der Waals surface area contributed by atoms with E-state index in [1.807, 2.05) is 27.7 Å². The van der Waals surface area contributed by atoms with E-state index in [4.69, 9.17) is 23.7 Å². The number of rotatable bonds is 20. The Morgan fingerprint density at radius 1 is 0.625 bits per heavy atom. The third kappa shape index (κ3) is 10.5. The molecule has 0 saturated heterocycles. The van der Waals surface area contributed by atoms with Crippen LogP contribution in [-0.2, 0) is 23.7 Å². The van der Waals surface area contributed by atoms with Crippen LogP contribution in [0.5, 0.6) is 0 Å². The van der Waals surface area contributed by atoms with Crippen LogP contribution in [0.25, 0.3) is 0 Å². The Morgan fingerprint density at radius 2 is 0.969 bits per heavy atom. The van der Waals surface area contributed by atoms with Crippen LogP contribution in [-0.4, -0.2) is 66.3 Å². The van der Waals surface area contributed by atoms with Crippen LogP contribution >= 0.6 is 17.2 Å². The lowest BCUT2D eigenvalue weighted by Gasteiger charge is -2.46. The second-order valence-electron chi connectivity index (χ2n) is 8.08. The van der Waals surface area contributed by atoms with Crippen molar-refractivity contribution < 1.29 is 23.7 Å². The molecular weight excluding hydrogens is 444 g/mol. The van der Waals surface area contributed by atoms with Crippen LogP contribution in [0.15, 0.2) is 0 Å². The van der Waals surface area contributed by atoms with E-state index in [0.29, 0.717) is 43.6 Å². The SMILES string of the molecule is CCOC(CC)(OCC)PC(C)N(C(CC)OC(C)C)C(C)PC(CC)(OCC)OCC. The first-order valence-electron chi connectivity index (χ1n) is 12.7. The van der Waals surface area contributed by atoms with Crippen molar-refractivity contribution in [2.45, 2.75) is 130 Å². The lowest BCUT2D eigenvalue weighted by Crippen LogP contribution is -2.49. The molecule has 0 saturated carbocycles. The molecule has 0 heterocycles. The molecule has 5 atom stereocenters. The highest BCUT2D eigenvalue weighted by Crippen LogP contribution is 2.48. The van der Waals surface area contributed by atoms with Gasteiger partial charge >= 0.3 is 0 Å². The fourth-order valence-corrected chi connectivity index (χ4v) is 7.93. The van der Waals surface area contributed by atoms with E-state index in [-0.39, 0.29) is 23.9 Å². The van der Waals surface area contributed by atoms with Gasteiger partial charge in [-0.3, -0.25) is 4.90 Å². The Bertz CT molecular complexity index is 426. The van der Waals surface area contributed by atoms with E-state index in [0.717, 1.165) is 19.3 Å². The second kappa shape index (κ2) is 17.1. The third-order valence-electron chi connectivity index (χ3n) is 5.30. The van der Waals surface area contributed by atoms with Gasteiger partial charge in [-0.25, -0.2) is 0 Å². The normalized spacial score (nSPS) is 16.8. The molecule has 0 rings (SSSR count). The molecule has 5 unspecified atom stereocenters. The molecule has 0 aliphatic heterocycles. The molecule has 8 heteroatoms. The number of ether oxygens (including phenoxy) is 5. The molecule has 0 aromatic carbocycles. The fraction of sp³-hybridized carbons (Fsp3) is 1.00. The van der Waals surface area contributed by atoms with E-state index in [2.05, 4.69) is 53.4 Å². The van der Waals surface area contributed by atoms with Crippen LogP contribution in [0.1, 0.15) is 95.4 Å². The Balaban J connectivity index is 6.02. The predicted octanol–water partition coefficient (Wildman–Crippen LogP) is 6.77. The maximum absolute atomic E-state index is 6.41. The van der Waals surface area contributed by atoms with Gasteiger partial charge in [0.25, 0.3) is 0 Å². The van der Waals surface area contributed by atoms with Crippen LogP contribution in [0.3, 0.4) is 0 Å². The summed E-state index contributed by atoms with van der Waals surface area (Å²) in [6.45, 7) is 26.0.